The highest BCUT2D eigenvalue weighted by atomic mass is 16.5. The molecule has 18 heavy (non-hydrogen) atoms. The van der Waals surface area contributed by atoms with Gasteiger partial charge in [-0.05, 0) is 49.9 Å². The van der Waals surface area contributed by atoms with Crippen LogP contribution in [-0.2, 0) is 11.2 Å². The number of nitrogens with one attached hydrogen (secondary N) is 2. The summed E-state index contributed by atoms with van der Waals surface area (Å²) >= 11 is 0. The largest absolute Gasteiger partial charge is 0.481 e. The van der Waals surface area contributed by atoms with Crippen molar-refractivity contribution in [3.8, 4) is 5.75 Å². The molecule has 2 aliphatic rings. The summed E-state index contributed by atoms with van der Waals surface area (Å²) in [4.78, 5) is 11.3. The third kappa shape index (κ3) is 2.34. The Hall–Kier alpha value is -1.55. The minimum atomic E-state index is -0.0704. The quantitative estimate of drug-likeness (QED) is 0.832. The highest BCUT2D eigenvalue weighted by Crippen LogP contribution is 2.33. The van der Waals surface area contributed by atoms with Gasteiger partial charge in [-0.25, -0.2) is 0 Å². The average Bonchev–Trinajstić information content (AvgIpc) is 2.40. The summed E-state index contributed by atoms with van der Waals surface area (Å²) in [6, 6.07) is 5.99. The smallest absolute Gasteiger partial charge is 0.262 e. The van der Waals surface area contributed by atoms with E-state index in [0.29, 0.717) is 5.92 Å². The number of amides is 1. The van der Waals surface area contributed by atoms with Crippen LogP contribution in [0.4, 0.5) is 5.69 Å². The number of carbonyl (C=O) groups is 1. The molecule has 0 bridgehead atoms. The Morgan fingerprint density at radius 1 is 1.39 bits per heavy atom. The minimum absolute atomic E-state index is 0.0704. The van der Waals surface area contributed by atoms with Crippen LogP contribution in [0.25, 0.3) is 0 Å². The molecule has 1 saturated heterocycles. The predicted molar refractivity (Wildman–Crippen MR) is 69.9 cm³/mol. The van der Waals surface area contributed by atoms with Gasteiger partial charge in [-0.3, -0.25) is 4.79 Å². The van der Waals surface area contributed by atoms with E-state index in [1.165, 1.54) is 18.4 Å². The number of rotatable bonds is 2. The van der Waals surface area contributed by atoms with Gasteiger partial charge in [0.1, 0.15) is 5.75 Å². The van der Waals surface area contributed by atoms with Gasteiger partial charge in [-0.15, -0.1) is 0 Å². The van der Waals surface area contributed by atoms with Gasteiger partial charge in [-0.2, -0.15) is 0 Å². The zero-order valence-corrected chi connectivity index (χ0v) is 10.4. The first-order valence-electron chi connectivity index (χ1n) is 6.58. The lowest BCUT2D eigenvalue weighted by molar-refractivity contribution is -0.118. The van der Waals surface area contributed by atoms with E-state index in [1.807, 2.05) is 12.1 Å². The maximum absolute atomic E-state index is 11.3. The fourth-order valence-electron chi connectivity index (χ4n) is 2.75. The van der Waals surface area contributed by atoms with Crippen molar-refractivity contribution in [3.63, 3.8) is 0 Å². The zero-order chi connectivity index (χ0) is 12.4. The van der Waals surface area contributed by atoms with E-state index in [0.717, 1.165) is 30.9 Å². The van der Waals surface area contributed by atoms with Gasteiger partial charge < -0.3 is 15.4 Å². The molecule has 1 aromatic rings. The Labute approximate surface area is 107 Å². The van der Waals surface area contributed by atoms with Crippen LogP contribution in [0.3, 0.4) is 0 Å². The number of hydrogen-bond donors (Lipinski definition) is 2. The van der Waals surface area contributed by atoms with Crippen LogP contribution in [0, 0.1) is 5.92 Å². The molecule has 4 nitrogen and oxygen atoms in total. The van der Waals surface area contributed by atoms with E-state index >= 15 is 0 Å². The maximum Gasteiger partial charge on any atom is 0.262 e. The SMILES string of the molecule is O=C1COc2c(CC3CCCNC3)cccc2N1. The first kappa shape index (κ1) is 11.5. The summed E-state index contributed by atoms with van der Waals surface area (Å²) in [7, 11) is 0. The maximum atomic E-state index is 11.3. The van der Waals surface area contributed by atoms with Crippen LogP contribution in [0.2, 0.25) is 0 Å². The van der Waals surface area contributed by atoms with Crippen molar-refractivity contribution in [3.05, 3.63) is 23.8 Å². The number of carbonyl (C=O) groups excluding carboxylic acids is 1. The highest BCUT2D eigenvalue weighted by Gasteiger charge is 2.21. The summed E-state index contributed by atoms with van der Waals surface area (Å²) in [5.74, 6) is 1.47. The molecule has 2 aliphatic heterocycles. The van der Waals surface area contributed by atoms with Crippen molar-refractivity contribution in [2.45, 2.75) is 19.3 Å². The molecule has 1 atom stereocenters. The normalized spacial score (nSPS) is 22.9. The molecule has 1 unspecified atom stereocenters. The monoisotopic (exact) mass is 246 g/mol. The zero-order valence-electron chi connectivity index (χ0n) is 10.4. The molecule has 0 aromatic heterocycles. The Balaban J connectivity index is 1.79. The summed E-state index contributed by atoms with van der Waals surface area (Å²) in [6.07, 6.45) is 3.53. The molecule has 1 amide bonds. The van der Waals surface area contributed by atoms with Crippen LogP contribution in [0.1, 0.15) is 18.4 Å². The van der Waals surface area contributed by atoms with Crippen LogP contribution >= 0.6 is 0 Å². The van der Waals surface area contributed by atoms with Crippen LogP contribution in [0.5, 0.6) is 5.75 Å². The van der Waals surface area contributed by atoms with Crippen molar-refractivity contribution in [2.24, 2.45) is 5.92 Å². The van der Waals surface area contributed by atoms with Gasteiger partial charge >= 0.3 is 0 Å². The molecular weight excluding hydrogens is 228 g/mol. The second-order valence-electron chi connectivity index (χ2n) is 5.05. The fraction of sp³-hybridized carbons (Fsp3) is 0.500. The van der Waals surface area contributed by atoms with Gasteiger partial charge in [0.05, 0.1) is 5.69 Å². The van der Waals surface area contributed by atoms with Crippen LogP contribution < -0.4 is 15.4 Å². The fourth-order valence-corrected chi connectivity index (χ4v) is 2.75. The Bertz CT molecular complexity index is 453. The molecule has 2 heterocycles. The first-order valence-corrected chi connectivity index (χ1v) is 6.58. The Kier molecular flexibility index (Phi) is 3.19. The number of anilines is 1. The molecule has 0 saturated carbocycles. The summed E-state index contributed by atoms with van der Waals surface area (Å²) in [5.41, 5.74) is 2.02. The van der Waals surface area contributed by atoms with Crippen molar-refractivity contribution < 1.29 is 9.53 Å². The number of ether oxygens (including phenoxy) is 1. The molecule has 3 rings (SSSR count). The third-order valence-corrected chi connectivity index (χ3v) is 3.63. The Morgan fingerprint density at radius 3 is 3.17 bits per heavy atom. The summed E-state index contributed by atoms with van der Waals surface area (Å²) in [6.45, 7) is 2.35. The third-order valence-electron chi connectivity index (χ3n) is 3.63. The van der Waals surface area contributed by atoms with Crippen LogP contribution in [-0.4, -0.2) is 25.6 Å². The lowest BCUT2D eigenvalue weighted by atomic mass is 9.91. The van der Waals surface area contributed by atoms with E-state index in [4.69, 9.17) is 4.74 Å². The molecule has 96 valence electrons. The molecule has 2 N–H and O–H groups in total. The summed E-state index contributed by atoms with van der Waals surface area (Å²) < 4.78 is 5.58. The van der Waals surface area contributed by atoms with E-state index < -0.39 is 0 Å². The number of hydrogen-bond acceptors (Lipinski definition) is 3. The lowest BCUT2D eigenvalue weighted by Gasteiger charge is -2.25. The second-order valence-corrected chi connectivity index (χ2v) is 5.05. The van der Waals surface area contributed by atoms with Gasteiger partial charge in [0.2, 0.25) is 0 Å². The van der Waals surface area contributed by atoms with Gasteiger partial charge in [0, 0.05) is 0 Å². The molecular formula is C14H18N2O2. The van der Waals surface area contributed by atoms with Crippen LogP contribution in [0.15, 0.2) is 18.2 Å². The van der Waals surface area contributed by atoms with E-state index in [9.17, 15) is 4.79 Å². The average molecular weight is 246 g/mol. The molecule has 1 aromatic carbocycles. The molecule has 1 fully saturated rings. The van der Waals surface area contributed by atoms with E-state index in [-0.39, 0.29) is 12.5 Å². The predicted octanol–water partition coefficient (Wildman–Crippen LogP) is 1.56. The second kappa shape index (κ2) is 4.98. The van der Waals surface area contributed by atoms with E-state index in [2.05, 4.69) is 16.7 Å². The standard InChI is InChI=1S/C14H18N2O2/c17-13-9-18-14-11(4-1-5-12(14)16-13)7-10-3-2-6-15-8-10/h1,4-5,10,15H,2-3,6-9H2,(H,16,17). The van der Waals surface area contributed by atoms with Gasteiger partial charge in [0.15, 0.2) is 6.61 Å². The van der Waals surface area contributed by atoms with Crippen molar-refractivity contribution in [2.75, 3.05) is 25.0 Å². The summed E-state index contributed by atoms with van der Waals surface area (Å²) in [5, 5.41) is 6.29. The molecule has 0 radical (unpaired) electrons. The van der Waals surface area contributed by atoms with Gasteiger partial charge in [0.25, 0.3) is 5.91 Å². The van der Waals surface area contributed by atoms with Crippen molar-refractivity contribution in [1.82, 2.24) is 5.32 Å². The first-order chi connectivity index (χ1) is 8.83. The molecule has 0 spiro atoms. The highest BCUT2D eigenvalue weighted by molar-refractivity contribution is 5.95. The van der Waals surface area contributed by atoms with Crippen molar-refractivity contribution in [1.29, 1.82) is 0 Å². The number of fused-ring (bicyclic) bond motifs is 1. The number of para-hydroxylation sites is 1. The Morgan fingerprint density at radius 2 is 2.33 bits per heavy atom. The van der Waals surface area contributed by atoms with Gasteiger partial charge in [-0.1, -0.05) is 12.1 Å². The topological polar surface area (TPSA) is 50.4 Å². The minimum Gasteiger partial charge on any atom is -0.481 e. The lowest BCUT2D eigenvalue weighted by Crippen LogP contribution is -2.31. The molecule has 4 heteroatoms. The van der Waals surface area contributed by atoms with Crippen molar-refractivity contribution >= 4 is 11.6 Å². The number of piperidine rings is 1. The molecule has 0 aliphatic carbocycles. The van der Waals surface area contributed by atoms with E-state index in [1.54, 1.807) is 0 Å². The number of benzene rings is 1.